The van der Waals surface area contributed by atoms with Gasteiger partial charge in [-0.05, 0) is 45.0 Å². The third-order valence-corrected chi connectivity index (χ3v) is 5.66. The fraction of sp³-hybridized carbons (Fsp3) is 0.208. The lowest BCUT2D eigenvalue weighted by Gasteiger charge is -2.21. The molecule has 0 aliphatic heterocycles. The number of aromatic nitrogens is 3. The van der Waals surface area contributed by atoms with E-state index in [2.05, 4.69) is 29.8 Å². The van der Waals surface area contributed by atoms with E-state index in [-0.39, 0.29) is 5.63 Å². The van der Waals surface area contributed by atoms with Gasteiger partial charge < -0.3 is 9.32 Å². The Morgan fingerprint density at radius 1 is 1.00 bits per heavy atom. The average Bonchev–Trinajstić information content (AvgIpc) is 3.12. The molecule has 0 aliphatic carbocycles. The molecular formula is C24H22N4O2. The Bertz CT molecular complexity index is 1450. The molecule has 0 bridgehead atoms. The topological polar surface area (TPSA) is 64.2 Å². The van der Waals surface area contributed by atoms with E-state index in [1.807, 2.05) is 54.1 Å². The van der Waals surface area contributed by atoms with Crippen LogP contribution < -0.4 is 10.5 Å². The maximum absolute atomic E-state index is 12.8. The van der Waals surface area contributed by atoms with Crippen LogP contribution in [0.1, 0.15) is 19.5 Å². The van der Waals surface area contributed by atoms with Gasteiger partial charge in [0.05, 0.1) is 22.2 Å². The van der Waals surface area contributed by atoms with Gasteiger partial charge in [0.15, 0.2) is 5.65 Å². The van der Waals surface area contributed by atoms with Crippen molar-refractivity contribution in [2.24, 2.45) is 0 Å². The molecule has 0 saturated carbocycles. The molecule has 6 heteroatoms. The first kappa shape index (κ1) is 18.4. The molecule has 150 valence electrons. The second kappa shape index (κ2) is 6.99. The summed E-state index contributed by atoms with van der Waals surface area (Å²) in [6.45, 7) is 7.95. The zero-order chi connectivity index (χ0) is 20.8. The number of pyridine rings is 1. The summed E-state index contributed by atoms with van der Waals surface area (Å²) in [5.41, 5.74) is 3.72. The van der Waals surface area contributed by atoms with Crippen LogP contribution in [0.2, 0.25) is 0 Å². The van der Waals surface area contributed by atoms with E-state index in [0.29, 0.717) is 11.0 Å². The highest BCUT2D eigenvalue weighted by Crippen LogP contribution is 2.33. The summed E-state index contributed by atoms with van der Waals surface area (Å²) in [6.07, 6.45) is 1.60. The lowest BCUT2D eigenvalue weighted by Crippen LogP contribution is -2.21. The van der Waals surface area contributed by atoms with Gasteiger partial charge in [0.2, 0.25) is 0 Å². The summed E-state index contributed by atoms with van der Waals surface area (Å²) in [6, 6.07) is 16.0. The average molecular weight is 398 g/mol. The Morgan fingerprint density at radius 3 is 2.50 bits per heavy atom. The molecule has 0 fully saturated rings. The third kappa shape index (κ3) is 2.68. The highest BCUT2D eigenvalue weighted by molar-refractivity contribution is 6.18. The molecule has 0 aliphatic rings. The summed E-state index contributed by atoms with van der Waals surface area (Å²) >= 11 is 0. The monoisotopic (exact) mass is 398 g/mol. The molecule has 0 radical (unpaired) electrons. The van der Waals surface area contributed by atoms with Crippen molar-refractivity contribution in [3.8, 4) is 5.69 Å². The molecule has 30 heavy (non-hydrogen) atoms. The van der Waals surface area contributed by atoms with Gasteiger partial charge >= 0.3 is 5.63 Å². The van der Waals surface area contributed by atoms with Crippen molar-refractivity contribution in [1.29, 1.82) is 0 Å². The summed E-state index contributed by atoms with van der Waals surface area (Å²) in [7, 11) is 0. The normalized spacial score (nSPS) is 11.6. The zero-order valence-corrected chi connectivity index (χ0v) is 17.2. The van der Waals surface area contributed by atoms with Crippen molar-refractivity contribution in [2.75, 3.05) is 18.0 Å². The Hall–Kier alpha value is -3.67. The lowest BCUT2D eigenvalue weighted by molar-refractivity contribution is 0.569. The number of nitrogens with zero attached hydrogens (tertiary/aromatic N) is 4. The molecule has 5 rings (SSSR count). The van der Waals surface area contributed by atoms with Gasteiger partial charge in [-0.1, -0.05) is 18.2 Å². The second-order valence-electron chi connectivity index (χ2n) is 7.32. The molecule has 0 saturated heterocycles. The van der Waals surface area contributed by atoms with E-state index in [4.69, 9.17) is 9.52 Å². The van der Waals surface area contributed by atoms with Gasteiger partial charge in [0, 0.05) is 41.8 Å². The first-order valence-corrected chi connectivity index (χ1v) is 10.2. The Labute approximate surface area is 173 Å². The third-order valence-electron chi connectivity index (χ3n) is 5.66. The van der Waals surface area contributed by atoms with Gasteiger partial charge in [0.25, 0.3) is 0 Å². The molecule has 0 unspecified atom stereocenters. The molecule has 5 aromatic rings. The molecule has 2 aromatic carbocycles. The SMILES string of the molecule is CCN(CC)c1ccc2c(c1)oc(=O)c1cnc3c(c(C)nn3-c3ccccc3)c12. The van der Waals surface area contributed by atoms with E-state index in [9.17, 15) is 4.79 Å². The van der Waals surface area contributed by atoms with Crippen LogP contribution in [0.15, 0.2) is 63.9 Å². The Morgan fingerprint density at radius 2 is 1.77 bits per heavy atom. The standard InChI is InChI=1S/C24H22N4O2/c1-4-27(5-2)17-11-12-18-20(13-17)30-24(29)19-14-25-23-21(22(18)19)15(3)26-28(23)16-9-7-6-8-10-16/h6-14H,4-5H2,1-3H3. The number of hydrogen-bond donors (Lipinski definition) is 0. The fourth-order valence-electron chi connectivity index (χ4n) is 4.18. The van der Waals surface area contributed by atoms with Crippen LogP contribution in [0.5, 0.6) is 0 Å². The first-order valence-electron chi connectivity index (χ1n) is 10.2. The number of rotatable bonds is 4. The van der Waals surface area contributed by atoms with Crippen LogP contribution in [-0.2, 0) is 0 Å². The van der Waals surface area contributed by atoms with Crippen LogP contribution >= 0.6 is 0 Å². The van der Waals surface area contributed by atoms with Crippen molar-refractivity contribution in [3.05, 3.63) is 70.8 Å². The van der Waals surface area contributed by atoms with Gasteiger partial charge in [-0.2, -0.15) is 5.10 Å². The van der Waals surface area contributed by atoms with Crippen LogP contribution in [0.3, 0.4) is 0 Å². The summed E-state index contributed by atoms with van der Waals surface area (Å²) in [5, 5.41) is 7.82. The quantitative estimate of drug-likeness (QED) is 0.320. The van der Waals surface area contributed by atoms with E-state index < -0.39 is 0 Å². The predicted molar refractivity (Wildman–Crippen MR) is 121 cm³/mol. The van der Waals surface area contributed by atoms with E-state index in [1.54, 1.807) is 6.20 Å². The highest BCUT2D eigenvalue weighted by Gasteiger charge is 2.18. The molecule has 3 heterocycles. The lowest BCUT2D eigenvalue weighted by atomic mass is 10.0. The minimum atomic E-state index is -0.379. The summed E-state index contributed by atoms with van der Waals surface area (Å²) in [5.74, 6) is 0. The number of fused-ring (bicyclic) bond motifs is 5. The maximum Gasteiger partial charge on any atom is 0.345 e. The van der Waals surface area contributed by atoms with E-state index >= 15 is 0 Å². The number of para-hydroxylation sites is 1. The first-order chi connectivity index (χ1) is 14.6. The van der Waals surface area contributed by atoms with E-state index in [0.717, 1.165) is 52.0 Å². The summed E-state index contributed by atoms with van der Waals surface area (Å²) < 4.78 is 7.51. The minimum absolute atomic E-state index is 0.379. The van der Waals surface area contributed by atoms with Gasteiger partial charge in [0.1, 0.15) is 5.58 Å². The molecular weight excluding hydrogens is 376 g/mol. The molecule has 0 spiro atoms. The van der Waals surface area contributed by atoms with Crippen molar-refractivity contribution in [1.82, 2.24) is 14.8 Å². The van der Waals surface area contributed by atoms with Crippen LogP contribution in [0.4, 0.5) is 5.69 Å². The Kier molecular flexibility index (Phi) is 4.28. The largest absolute Gasteiger partial charge is 0.422 e. The number of anilines is 1. The number of aryl methyl sites for hydroxylation is 1. The molecule has 0 atom stereocenters. The summed E-state index contributed by atoms with van der Waals surface area (Å²) in [4.78, 5) is 19.6. The van der Waals surface area contributed by atoms with E-state index in [1.165, 1.54) is 0 Å². The van der Waals surface area contributed by atoms with Crippen molar-refractivity contribution >= 4 is 38.5 Å². The smallest absolute Gasteiger partial charge is 0.345 e. The maximum atomic E-state index is 12.8. The highest BCUT2D eigenvalue weighted by atomic mass is 16.4. The van der Waals surface area contributed by atoms with Crippen LogP contribution in [0, 0.1) is 6.92 Å². The number of benzene rings is 2. The molecule has 0 amide bonds. The molecule has 3 aromatic heterocycles. The van der Waals surface area contributed by atoms with Crippen molar-refractivity contribution < 1.29 is 4.42 Å². The van der Waals surface area contributed by atoms with Crippen molar-refractivity contribution in [2.45, 2.75) is 20.8 Å². The second-order valence-corrected chi connectivity index (χ2v) is 7.32. The van der Waals surface area contributed by atoms with Crippen molar-refractivity contribution in [3.63, 3.8) is 0 Å². The van der Waals surface area contributed by atoms with Gasteiger partial charge in [-0.3, -0.25) is 0 Å². The zero-order valence-electron chi connectivity index (χ0n) is 17.2. The van der Waals surface area contributed by atoms with Crippen LogP contribution in [0.25, 0.3) is 38.5 Å². The molecule has 6 nitrogen and oxygen atoms in total. The Balaban J connectivity index is 1.88. The number of hydrogen-bond acceptors (Lipinski definition) is 5. The fourth-order valence-corrected chi connectivity index (χ4v) is 4.18. The van der Waals surface area contributed by atoms with Gasteiger partial charge in [-0.25, -0.2) is 14.5 Å². The molecule has 0 N–H and O–H groups in total. The predicted octanol–water partition coefficient (Wildman–Crippen LogP) is 4.83. The van der Waals surface area contributed by atoms with Crippen LogP contribution in [-0.4, -0.2) is 27.9 Å². The van der Waals surface area contributed by atoms with Gasteiger partial charge in [-0.15, -0.1) is 0 Å². The minimum Gasteiger partial charge on any atom is -0.422 e.